The molecule has 1 aliphatic heterocycles. The number of nitrogens with one attached hydrogen (secondary N) is 1. The summed E-state index contributed by atoms with van der Waals surface area (Å²) in [4.78, 5) is 2.61. The predicted octanol–water partition coefficient (Wildman–Crippen LogP) is 2.20. The Labute approximate surface area is 99.2 Å². The molecule has 1 atom stereocenters. The van der Waals surface area contributed by atoms with Crippen molar-refractivity contribution in [1.29, 1.82) is 0 Å². The van der Waals surface area contributed by atoms with Crippen LogP contribution in [-0.4, -0.2) is 48.6 Å². The highest BCUT2D eigenvalue weighted by molar-refractivity contribution is 7.99. The number of nitrogens with zero attached hydrogens (tertiary/aromatic N) is 1. The van der Waals surface area contributed by atoms with E-state index in [0.717, 1.165) is 6.04 Å². The minimum Gasteiger partial charge on any atom is -0.315 e. The van der Waals surface area contributed by atoms with Crippen molar-refractivity contribution >= 4 is 11.8 Å². The molecule has 0 bridgehead atoms. The molecule has 15 heavy (non-hydrogen) atoms. The Morgan fingerprint density at radius 2 is 2.20 bits per heavy atom. The minimum atomic E-state index is 0.779. The Hall–Kier alpha value is 0.270. The molecule has 1 rings (SSSR count). The number of thioether (sulfide) groups is 1. The van der Waals surface area contributed by atoms with Gasteiger partial charge in [0.2, 0.25) is 0 Å². The summed E-state index contributed by atoms with van der Waals surface area (Å²) in [5.74, 6) is 2.63. The zero-order valence-electron chi connectivity index (χ0n) is 10.3. The summed E-state index contributed by atoms with van der Waals surface area (Å²) in [7, 11) is 0. The second-order valence-electron chi connectivity index (χ2n) is 4.42. The second-order valence-corrected chi connectivity index (χ2v) is 5.57. The van der Waals surface area contributed by atoms with Gasteiger partial charge in [0.15, 0.2) is 0 Å². The summed E-state index contributed by atoms with van der Waals surface area (Å²) < 4.78 is 0. The van der Waals surface area contributed by atoms with Crippen molar-refractivity contribution in [2.45, 2.75) is 39.2 Å². The molecule has 1 fully saturated rings. The first-order valence-electron chi connectivity index (χ1n) is 6.37. The van der Waals surface area contributed by atoms with Crippen molar-refractivity contribution in [3.05, 3.63) is 0 Å². The highest BCUT2D eigenvalue weighted by Gasteiger charge is 2.17. The molecule has 1 saturated heterocycles. The van der Waals surface area contributed by atoms with Crippen LogP contribution in [0.3, 0.4) is 0 Å². The highest BCUT2D eigenvalue weighted by Crippen LogP contribution is 2.14. The molecule has 0 aromatic heterocycles. The van der Waals surface area contributed by atoms with E-state index < -0.39 is 0 Å². The molecule has 2 nitrogen and oxygen atoms in total. The summed E-state index contributed by atoms with van der Waals surface area (Å²) in [6, 6.07) is 0.779. The molecule has 0 amide bonds. The number of hydrogen-bond acceptors (Lipinski definition) is 3. The summed E-state index contributed by atoms with van der Waals surface area (Å²) in [6.45, 7) is 9.48. The van der Waals surface area contributed by atoms with E-state index in [9.17, 15) is 0 Å². The molecule has 0 radical (unpaired) electrons. The van der Waals surface area contributed by atoms with Crippen LogP contribution >= 0.6 is 11.8 Å². The van der Waals surface area contributed by atoms with Gasteiger partial charge in [-0.05, 0) is 19.9 Å². The average molecular weight is 230 g/mol. The smallest absolute Gasteiger partial charge is 0.0158 e. The SMILES string of the molecule is CCCCCNCCN1CCSCC1C. The zero-order chi connectivity index (χ0) is 10.9. The number of unbranched alkanes of at least 4 members (excludes halogenated alkanes) is 2. The fraction of sp³-hybridized carbons (Fsp3) is 1.00. The summed E-state index contributed by atoms with van der Waals surface area (Å²) in [6.07, 6.45) is 4.02. The van der Waals surface area contributed by atoms with Crippen LogP contribution in [0.1, 0.15) is 33.1 Å². The van der Waals surface area contributed by atoms with Crippen LogP contribution in [0.15, 0.2) is 0 Å². The highest BCUT2D eigenvalue weighted by atomic mass is 32.2. The average Bonchev–Trinajstić information content (AvgIpc) is 2.25. The maximum Gasteiger partial charge on any atom is 0.0158 e. The third kappa shape index (κ3) is 5.79. The Bertz CT molecular complexity index is 153. The fourth-order valence-corrected chi connectivity index (χ4v) is 3.02. The lowest BCUT2D eigenvalue weighted by Gasteiger charge is -2.32. The second kappa shape index (κ2) is 8.43. The van der Waals surface area contributed by atoms with Crippen LogP contribution in [0, 0.1) is 0 Å². The van der Waals surface area contributed by atoms with Gasteiger partial charge in [0.1, 0.15) is 0 Å². The van der Waals surface area contributed by atoms with Crippen molar-refractivity contribution in [3.63, 3.8) is 0 Å². The monoisotopic (exact) mass is 230 g/mol. The van der Waals surface area contributed by atoms with E-state index in [1.54, 1.807) is 0 Å². The van der Waals surface area contributed by atoms with Gasteiger partial charge in [0.05, 0.1) is 0 Å². The molecule has 0 aromatic carbocycles. The van der Waals surface area contributed by atoms with Crippen LogP contribution < -0.4 is 5.32 Å². The normalized spacial score (nSPS) is 23.2. The van der Waals surface area contributed by atoms with E-state index >= 15 is 0 Å². The molecule has 3 heteroatoms. The zero-order valence-corrected chi connectivity index (χ0v) is 11.1. The van der Waals surface area contributed by atoms with Gasteiger partial charge in [-0.3, -0.25) is 4.90 Å². The van der Waals surface area contributed by atoms with E-state index in [-0.39, 0.29) is 0 Å². The Morgan fingerprint density at radius 1 is 1.33 bits per heavy atom. The van der Waals surface area contributed by atoms with Crippen LogP contribution in [-0.2, 0) is 0 Å². The van der Waals surface area contributed by atoms with Crippen molar-refractivity contribution in [3.8, 4) is 0 Å². The molecular weight excluding hydrogens is 204 g/mol. The van der Waals surface area contributed by atoms with Crippen molar-refractivity contribution in [1.82, 2.24) is 10.2 Å². The summed E-state index contributed by atoms with van der Waals surface area (Å²) >= 11 is 2.10. The van der Waals surface area contributed by atoms with Crippen LogP contribution in [0.2, 0.25) is 0 Å². The molecule has 1 heterocycles. The predicted molar refractivity (Wildman–Crippen MR) is 70.8 cm³/mol. The van der Waals surface area contributed by atoms with E-state index in [0.29, 0.717) is 0 Å². The van der Waals surface area contributed by atoms with Crippen molar-refractivity contribution < 1.29 is 0 Å². The van der Waals surface area contributed by atoms with Gasteiger partial charge in [-0.25, -0.2) is 0 Å². The van der Waals surface area contributed by atoms with E-state index in [1.165, 1.54) is 56.9 Å². The van der Waals surface area contributed by atoms with Crippen molar-refractivity contribution in [2.75, 3.05) is 37.7 Å². The molecule has 0 aromatic rings. The van der Waals surface area contributed by atoms with E-state index in [1.807, 2.05) is 0 Å². The van der Waals surface area contributed by atoms with Gasteiger partial charge >= 0.3 is 0 Å². The van der Waals surface area contributed by atoms with Gasteiger partial charge in [-0.1, -0.05) is 19.8 Å². The number of rotatable bonds is 7. The lowest BCUT2D eigenvalue weighted by molar-refractivity contribution is 0.233. The van der Waals surface area contributed by atoms with E-state index in [2.05, 4.69) is 35.8 Å². The standard InChI is InChI=1S/C12H26N2S/c1-3-4-5-6-13-7-8-14-9-10-15-11-12(14)2/h12-13H,3-11H2,1-2H3. The van der Waals surface area contributed by atoms with Crippen LogP contribution in [0.25, 0.3) is 0 Å². The third-order valence-electron chi connectivity index (χ3n) is 3.04. The summed E-state index contributed by atoms with van der Waals surface area (Å²) in [5, 5.41) is 3.54. The number of hydrogen-bond donors (Lipinski definition) is 1. The molecule has 90 valence electrons. The topological polar surface area (TPSA) is 15.3 Å². The quantitative estimate of drug-likeness (QED) is 0.675. The first-order chi connectivity index (χ1) is 7.34. The van der Waals surface area contributed by atoms with Gasteiger partial charge in [0, 0.05) is 37.2 Å². The Kier molecular flexibility index (Phi) is 7.49. The molecular formula is C12H26N2S. The molecule has 0 aliphatic carbocycles. The minimum absolute atomic E-state index is 0.779. The fourth-order valence-electron chi connectivity index (χ4n) is 1.94. The van der Waals surface area contributed by atoms with Gasteiger partial charge in [0.25, 0.3) is 0 Å². The maximum atomic E-state index is 3.54. The van der Waals surface area contributed by atoms with Gasteiger partial charge < -0.3 is 5.32 Å². The van der Waals surface area contributed by atoms with Crippen molar-refractivity contribution in [2.24, 2.45) is 0 Å². The molecule has 0 spiro atoms. The van der Waals surface area contributed by atoms with Crippen LogP contribution in [0.5, 0.6) is 0 Å². The van der Waals surface area contributed by atoms with Gasteiger partial charge in [-0.15, -0.1) is 0 Å². The lowest BCUT2D eigenvalue weighted by atomic mass is 10.2. The molecule has 1 aliphatic rings. The molecule has 0 saturated carbocycles. The largest absolute Gasteiger partial charge is 0.315 e. The first-order valence-corrected chi connectivity index (χ1v) is 7.52. The molecule has 1 unspecified atom stereocenters. The maximum absolute atomic E-state index is 3.54. The Morgan fingerprint density at radius 3 is 2.93 bits per heavy atom. The van der Waals surface area contributed by atoms with E-state index in [4.69, 9.17) is 0 Å². The summed E-state index contributed by atoms with van der Waals surface area (Å²) in [5.41, 5.74) is 0. The third-order valence-corrected chi connectivity index (χ3v) is 4.23. The Balaban J connectivity index is 1.94. The van der Waals surface area contributed by atoms with Crippen LogP contribution in [0.4, 0.5) is 0 Å². The van der Waals surface area contributed by atoms with Gasteiger partial charge in [-0.2, -0.15) is 11.8 Å². The molecule has 1 N–H and O–H groups in total. The lowest BCUT2D eigenvalue weighted by Crippen LogP contribution is -2.43. The first kappa shape index (κ1) is 13.3.